The van der Waals surface area contributed by atoms with Gasteiger partial charge in [-0.05, 0) is 63.3 Å². The number of hydrogen-bond donors (Lipinski definition) is 2. The number of methoxy groups -OCH3 is 1. The summed E-state index contributed by atoms with van der Waals surface area (Å²) in [7, 11) is 1.69. The van der Waals surface area contributed by atoms with E-state index in [0.717, 1.165) is 47.4 Å². The van der Waals surface area contributed by atoms with Crippen molar-refractivity contribution in [1.82, 2.24) is 9.97 Å². The Morgan fingerprint density at radius 1 is 1.17 bits per heavy atom. The second-order valence-electron chi connectivity index (χ2n) is 7.41. The van der Waals surface area contributed by atoms with Crippen LogP contribution < -0.4 is 15.8 Å². The molecule has 1 heterocycles. The molecule has 0 aliphatic rings. The van der Waals surface area contributed by atoms with Crippen LogP contribution in [-0.2, 0) is 4.74 Å². The largest absolute Gasteiger partial charge is 0.497 e. The van der Waals surface area contributed by atoms with Crippen LogP contribution in [0, 0.1) is 0 Å². The average molecular weight is 415 g/mol. The second-order valence-corrected chi connectivity index (χ2v) is 7.41. The Morgan fingerprint density at radius 3 is 2.50 bits per heavy atom. The van der Waals surface area contributed by atoms with Crippen LogP contribution in [0.3, 0.4) is 0 Å². The van der Waals surface area contributed by atoms with Gasteiger partial charge in [-0.2, -0.15) is 4.98 Å². The van der Waals surface area contributed by atoms with Crippen molar-refractivity contribution in [3.8, 4) is 5.88 Å². The first-order chi connectivity index (χ1) is 14.3. The van der Waals surface area contributed by atoms with E-state index in [1.165, 1.54) is 0 Å². The predicted molar refractivity (Wildman–Crippen MR) is 125 cm³/mol. The molecule has 3 N–H and O–H groups in total. The number of hydrogen-bond acceptors (Lipinski definition) is 6. The lowest BCUT2D eigenvalue weighted by atomic mass is 10.0. The zero-order valence-corrected chi connectivity index (χ0v) is 19.6. The summed E-state index contributed by atoms with van der Waals surface area (Å²) in [6, 6.07) is 0. The third-order valence-corrected chi connectivity index (χ3v) is 4.41. The first kappa shape index (κ1) is 25.3. The minimum absolute atomic E-state index is 0.0504. The zero-order valence-electron chi connectivity index (χ0n) is 19.6. The maximum Gasteiger partial charge on any atom is 0.234 e. The van der Waals surface area contributed by atoms with Gasteiger partial charge in [-0.25, -0.2) is 0 Å². The fourth-order valence-electron chi connectivity index (χ4n) is 2.89. The predicted octanol–water partition coefficient (Wildman–Crippen LogP) is 5.52. The highest BCUT2D eigenvalue weighted by Gasteiger charge is 2.08. The third-order valence-electron chi connectivity index (χ3n) is 4.41. The molecule has 0 unspecified atom stereocenters. The van der Waals surface area contributed by atoms with Gasteiger partial charge in [0.15, 0.2) is 0 Å². The van der Waals surface area contributed by atoms with E-state index in [1.54, 1.807) is 19.5 Å². The van der Waals surface area contributed by atoms with Crippen LogP contribution in [0.25, 0.3) is 0 Å². The lowest BCUT2D eigenvalue weighted by molar-refractivity contribution is 0.232. The highest BCUT2D eigenvalue weighted by Crippen LogP contribution is 2.18. The fraction of sp³-hybridized carbons (Fsp3) is 0.500. The summed E-state index contributed by atoms with van der Waals surface area (Å²) in [5.74, 6) is 2.02. The van der Waals surface area contributed by atoms with Gasteiger partial charge in [-0.1, -0.05) is 32.4 Å². The molecule has 6 nitrogen and oxygen atoms in total. The Bertz CT molecular complexity index is 792. The quantitative estimate of drug-likeness (QED) is 0.346. The molecule has 6 heteroatoms. The third kappa shape index (κ3) is 8.72. The van der Waals surface area contributed by atoms with E-state index in [0.29, 0.717) is 18.2 Å². The van der Waals surface area contributed by atoms with Gasteiger partial charge >= 0.3 is 0 Å². The van der Waals surface area contributed by atoms with Crippen LogP contribution >= 0.6 is 0 Å². The first-order valence-corrected chi connectivity index (χ1v) is 10.6. The van der Waals surface area contributed by atoms with E-state index in [9.17, 15) is 0 Å². The minimum atomic E-state index is 0.0504. The summed E-state index contributed by atoms with van der Waals surface area (Å²) in [6.07, 6.45) is 12.3. The maximum atomic E-state index is 6.50. The molecule has 0 aliphatic heterocycles. The van der Waals surface area contributed by atoms with Crippen molar-refractivity contribution in [2.75, 3.05) is 19.0 Å². The van der Waals surface area contributed by atoms with E-state index in [-0.39, 0.29) is 6.10 Å². The molecule has 166 valence electrons. The van der Waals surface area contributed by atoms with Crippen molar-refractivity contribution in [3.05, 3.63) is 58.8 Å². The van der Waals surface area contributed by atoms with Crippen molar-refractivity contribution < 1.29 is 9.47 Å². The van der Waals surface area contributed by atoms with Crippen molar-refractivity contribution in [2.45, 2.75) is 66.9 Å². The van der Waals surface area contributed by atoms with E-state index in [2.05, 4.69) is 35.2 Å². The summed E-state index contributed by atoms with van der Waals surface area (Å²) in [5, 5.41) is 3.32. The summed E-state index contributed by atoms with van der Waals surface area (Å²) in [4.78, 5) is 8.65. The van der Waals surface area contributed by atoms with Gasteiger partial charge in [0.1, 0.15) is 11.6 Å². The standard InChI is InChI=1S/C24H38N4O2/c1-8-10-18(5)21(29-7)13-12-19(6)24(25)20(11-9-2)14-27-22-15-26-16-23(28-22)30-17(3)4/h10,12-13,15-17H,8-9,11,14,25H2,1-7H3,(H,27,28)/b18-10+,19-12+,21-13+,24-20+. The van der Waals surface area contributed by atoms with Gasteiger partial charge in [0.25, 0.3) is 0 Å². The van der Waals surface area contributed by atoms with Crippen molar-refractivity contribution in [3.63, 3.8) is 0 Å². The van der Waals surface area contributed by atoms with Gasteiger partial charge < -0.3 is 20.5 Å². The topological polar surface area (TPSA) is 82.3 Å². The van der Waals surface area contributed by atoms with E-state index in [4.69, 9.17) is 15.2 Å². The lowest BCUT2D eigenvalue weighted by Crippen LogP contribution is -2.14. The van der Waals surface area contributed by atoms with Crippen LogP contribution in [0.5, 0.6) is 5.88 Å². The Labute approximate surface area is 182 Å². The zero-order chi connectivity index (χ0) is 22.5. The number of nitrogens with zero attached hydrogens (tertiary/aromatic N) is 2. The van der Waals surface area contributed by atoms with Gasteiger partial charge in [0, 0.05) is 12.2 Å². The number of nitrogens with two attached hydrogens (primary N) is 1. The Balaban J connectivity index is 3.01. The van der Waals surface area contributed by atoms with Gasteiger partial charge in [-0.3, -0.25) is 4.98 Å². The molecule has 1 aromatic heterocycles. The summed E-state index contributed by atoms with van der Waals surface area (Å²) in [5.41, 5.74) is 10.5. The minimum Gasteiger partial charge on any atom is -0.497 e. The molecule has 0 saturated carbocycles. The number of allylic oxidation sites excluding steroid dienone is 5. The van der Waals surface area contributed by atoms with E-state index < -0.39 is 0 Å². The molecular weight excluding hydrogens is 376 g/mol. The second kappa shape index (κ2) is 13.5. The maximum absolute atomic E-state index is 6.50. The number of anilines is 1. The first-order valence-electron chi connectivity index (χ1n) is 10.6. The van der Waals surface area contributed by atoms with Crippen molar-refractivity contribution >= 4 is 5.82 Å². The van der Waals surface area contributed by atoms with Crippen molar-refractivity contribution in [2.24, 2.45) is 5.73 Å². The molecule has 30 heavy (non-hydrogen) atoms. The molecule has 0 bridgehead atoms. The number of aromatic nitrogens is 2. The lowest BCUT2D eigenvalue weighted by Gasteiger charge is -2.14. The molecule has 0 amide bonds. The van der Waals surface area contributed by atoms with Crippen LogP contribution in [0.2, 0.25) is 0 Å². The Kier molecular flexibility index (Phi) is 11.3. The molecule has 0 atom stereocenters. The molecule has 0 spiro atoms. The molecule has 0 fully saturated rings. The highest BCUT2D eigenvalue weighted by molar-refractivity contribution is 5.41. The summed E-state index contributed by atoms with van der Waals surface area (Å²) >= 11 is 0. The fourth-order valence-corrected chi connectivity index (χ4v) is 2.89. The van der Waals surface area contributed by atoms with E-state index >= 15 is 0 Å². The molecule has 0 saturated heterocycles. The van der Waals surface area contributed by atoms with Crippen LogP contribution in [-0.4, -0.2) is 29.7 Å². The molecule has 0 aromatic carbocycles. The molecular formula is C24H38N4O2. The monoisotopic (exact) mass is 414 g/mol. The van der Waals surface area contributed by atoms with Gasteiger partial charge in [-0.15, -0.1) is 0 Å². The molecule has 0 radical (unpaired) electrons. The summed E-state index contributed by atoms with van der Waals surface area (Å²) in [6.45, 7) is 12.8. The highest BCUT2D eigenvalue weighted by atomic mass is 16.5. The molecule has 1 aromatic rings. The van der Waals surface area contributed by atoms with Gasteiger partial charge in [0.2, 0.25) is 5.88 Å². The smallest absolute Gasteiger partial charge is 0.234 e. The SMILES string of the molecule is CC/C=C(C)/C(=C\C=C(C)\C(N)=C(\CCC)CNc1cncc(OC(C)C)n1)OC. The van der Waals surface area contributed by atoms with Crippen LogP contribution in [0.15, 0.2) is 58.8 Å². The average Bonchev–Trinajstić information content (AvgIpc) is 2.71. The number of ether oxygens (including phenoxy) is 2. The van der Waals surface area contributed by atoms with Gasteiger partial charge in [0.05, 0.1) is 25.6 Å². The number of rotatable bonds is 12. The Hall–Kier alpha value is -2.76. The molecule has 1 rings (SSSR count). The Morgan fingerprint density at radius 2 is 1.90 bits per heavy atom. The van der Waals surface area contributed by atoms with Crippen molar-refractivity contribution in [1.29, 1.82) is 0 Å². The van der Waals surface area contributed by atoms with Crippen LogP contribution in [0.1, 0.15) is 60.8 Å². The summed E-state index contributed by atoms with van der Waals surface area (Å²) < 4.78 is 11.1. The van der Waals surface area contributed by atoms with Crippen LogP contribution in [0.4, 0.5) is 5.82 Å². The van der Waals surface area contributed by atoms with E-state index in [1.807, 2.05) is 39.8 Å². The normalized spacial score (nSPS) is 13.9. The molecule has 0 aliphatic carbocycles. The number of nitrogens with one attached hydrogen (secondary N) is 1.